The van der Waals surface area contributed by atoms with E-state index >= 15 is 0 Å². The van der Waals surface area contributed by atoms with Crippen molar-refractivity contribution in [2.24, 2.45) is 17.3 Å². The first kappa shape index (κ1) is 18.9. The van der Waals surface area contributed by atoms with Crippen LogP contribution in [0.5, 0.6) is 11.5 Å². The average molecular weight is 369 g/mol. The summed E-state index contributed by atoms with van der Waals surface area (Å²) in [4.78, 5) is 0. The van der Waals surface area contributed by atoms with Crippen molar-refractivity contribution in [2.45, 2.75) is 90.6 Å². The SMILES string of the molecule is C=C1[C@H]2Oc3cc(C(C)(C)CCCCCC)cc(O)c3[C@H]2[C@@H]2C[C@H]1C2(C)C. The molecule has 0 unspecified atom stereocenters. The Bertz CT molecular complexity index is 758. The minimum atomic E-state index is 0.0514. The molecule has 0 saturated heterocycles. The summed E-state index contributed by atoms with van der Waals surface area (Å²) in [5.74, 6) is 2.76. The van der Waals surface area contributed by atoms with Crippen molar-refractivity contribution in [3.63, 3.8) is 0 Å². The molecule has 3 aliphatic carbocycles. The molecular formula is C25H36O2. The first-order chi connectivity index (χ1) is 12.7. The van der Waals surface area contributed by atoms with E-state index in [0.717, 1.165) is 17.7 Å². The summed E-state index contributed by atoms with van der Waals surface area (Å²) in [6, 6.07) is 4.23. The predicted octanol–water partition coefficient (Wildman–Crippen LogP) is 6.72. The van der Waals surface area contributed by atoms with Gasteiger partial charge in [-0.25, -0.2) is 0 Å². The van der Waals surface area contributed by atoms with E-state index in [-0.39, 0.29) is 22.9 Å². The van der Waals surface area contributed by atoms with Crippen molar-refractivity contribution in [1.82, 2.24) is 0 Å². The van der Waals surface area contributed by atoms with Crippen LogP contribution in [0.3, 0.4) is 0 Å². The number of fused-ring (bicyclic) bond motifs is 1. The van der Waals surface area contributed by atoms with Gasteiger partial charge in [0.15, 0.2) is 0 Å². The monoisotopic (exact) mass is 368 g/mol. The lowest BCUT2D eigenvalue weighted by molar-refractivity contribution is -0.0727. The Kier molecular flexibility index (Phi) is 4.40. The van der Waals surface area contributed by atoms with E-state index < -0.39 is 0 Å². The van der Waals surface area contributed by atoms with Gasteiger partial charge in [0.1, 0.15) is 17.6 Å². The van der Waals surface area contributed by atoms with E-state index in [0.29, 0.717) is 17.6 Å². The Hall–Kier alpha value is -1.44. The molecule has 1 aromatic carbocycles. The number of hydrogen-bond acceptors (Lipinski definition) is 2. The van der Waals surface area contributed by atoms with Crippen LogP contribution in [-0.4, -0.2) is 11.2 Å². The zero-order valence-corrected chi connectivity index (χ0v) is 17.8. The molecule has 1 heterocycles. The van der Waals surface area contributed by atoms with Gasteiger partial charge in [0.05, 0.1) is 0 Å². The molecule has 1 aromatic rings. The van der Waals surface area contributed by atoms with Crippen LogP contribution >= 0.6 is 0 Å². The summed E-state index contributed by atoms with van der Waals surface area (Å²) in [7, 11) is 0. The highest BCUT2D eigenvalue weighted by molar-refractivity contribution is 5.57. The Balaban J connectivity index is 1.62. The van der Waals surface area contributed by atoms with Gasteiger partial charge in [-0.1, -0.05) is 66.9 Å². The van der Waals surface area contributed by atoms with Crippen LogP contribution in [0.1, 0.15) is 90.2 Å². The Morgan fingerprint density at radius 2 is 1.96 bits per heavy atom. The molecule has 1 N–H and O–H groups in total. The molecule has 0 spiro atoms. The van der Waals surface area contributed by atoms with Crippen LogP contribution in [0, 0.1) is 17.3 Å². The van der Waals surface area contributed by atoms with Gasteiger partial charge in [0.25, 0.3) is 0 Å². The molecule has 2 nitrogen and oxygen atoms in total. The maximum atomic E-state index is 11.0. The second-order valence-corrected chi connectivity index (χ2v) is 10.5. The quantitative estimate of drug-likeness (QED) is 0.446. The highest BCUT2D eigenvalue weighted by atomic mass is 16.5. The second-order valence-electron chi connectivity index (χ2n) is 10.5. The van der Waals surface area contributed by atoms with Gasteiger partial charge in [-0.15, -0.1) is 0 Å². The molecule has 3 saturated carbocycles. The average Bonchev–Trinajstić information content (AvgIpc) is 2.99. The molecule has 4 aliphatic rings. The lowest BCUT2D eigenvalue weighted by Gasteiger charge is -2.61. The minimum absolute atomic E-state index is 0.0514. The molecular weight excluding hydrogens is 332 g/mol. The van der Waals surface area contributed by atoms with Crippen molar-refractivity contribution in [1.29, 1.82) is 0 Å². The van der Waals surface area contributed by atoms with Crippen molar-refractivity contribution in [3.8, 4) is 11.5 Å². The minimum Gasteiger partial charge on any atom is -0.508 e. The van der Waals surface area contributed by atoms with Crippen LogP contribution in [0.4, 0.5) is 0 Å². The highest BCUT2D eigenvalue weighted by Crippen LogP contribution is 2.69. The van der Waals surface area contributed by atoms with E-state index in [4.69, 9.17) is 4.74 Å². The summed E-state index contributed by atoms with van der Waals surface area (Å²) < 4.78 is 6.42. The van der Waals surface area contributed by atoms with E-state index in [1.807, 2.05) is 6.07 Å². The number of ether oxygens (including phenoxy) is 1. The van der Waals surface area contributed by atoms with E-state index in [9.17, 15) is 5.11 Å². The fourth-order valence-electron chi connectivity index (χ4n) is 6.05. The third-order valence-electron chi connectivity index (χ3n) is 8.06. The summed E-state index contributed by atoms with van der Waals surface area (Å²) >= 11 is 0. The lowest BCUT2D eigenvalue weighted by Crippen LogP contribution is -2.57. The summed E-state index contributed by atoms with van der Waals surface area (Å²) in [5.41, 5.74) is 3.81. The number of phenols is 1. The molecule has 0 aromatic heterocycles. The second kappa shape index (κ2) is 6.29. The standard InChI is InChI=1S/C25H36O2/c1-7-8-9-10-11-24(3,4)16-12-19(26)22-20(13-16)27-23-15(2)17-14-18(21(22)23)25(17,5)6/h12-13,17-18,21,23,26H,2,7-11,14H2,1,3-6H3/t17-,18+,21-,23-/m1/s1. The molecule has 0 radical (unpaired) electrons. The predicted molar refractivity (Wildman–Crippen MR) is 112 cm³/mol. The van der Waals surface area contributed by atoms with Crippen molar-refractivity contribution >= 4 is 0 Å². The Labute approximate surface area is 165 Å². The van der Waals surface area contributed by atoms with Gasteiger partial charge in [-0.3, -0.25) is 0 Å². The maximum Gasteiger partial charge on any atom is 0.127 e. The zero-order valence-electron chi connectivity index (χ0n) is 17.8. The molecule has 1 aliphatic heterocycles. The lowest BCUT2D eigenvalue weighted by atomic mass is 9.43. The molecule has 5 rings (SSSR count). The Morgan fingerprint density at radius 1 is 1.22 bits per heavy atom. The molecule has 27 heavy (non-hydrogen) atoms. The molecule has 2 heteroatoms. The summed E-state index contributed by atoms with van der Waals surface area (Å²) in [5, 5.41) is 11.0. The summed E-state index contributed by atoms with van der Waals surface area (Å²) in [6.45, 7) is 16.0. The van der Waals surface area contributed by atoms with E-state index in [2.05, 4.69) is 47.3 Å². The zero-order chi connectivity index (χ0) is 19.6. The number of unbranched alkanes of at least 4 members (excludes halogenated alkanes) is 3. The van der Waals surface area contributed by atoms with Crippen LogP contribution in [0.2, 0.25) is 0 Å². The molecule has 148 valence electrons. The van der Waals surface area contributed by atoms with E-state index in [1.165, 1.54) is 43.2 Å². The first-order valence-corrected chi connectivity index (χ1v) is 10.9. The van der Waals surface area contributed by atoms with Gasteiger partial charge < -0.3 is 9.84 Å². The van der Waals surface area contributed by atoms with Crippen LogP contribution < -0.4 is 4.74 Å². The van der Waals surface area contributed by atoms with E-state index in [1.54, 1.807) is 0 Å². The van der Waals surface area contributed by atoms with Gasteiger partial charge >= 0.3 is 0 Å². The Morgan fingerprint density at radius 3 is 2.63 bits per heavy atom. The number of hydrogen-bond donors (Lipinski definition) is 1. The fourth-order valence-corrected chi connectivity index (χ4v) is 6.05. The summed E-state index contributed by atoms with van der Waals surface area (Å²) in [6.07, 6.45) is 7.49. The van der Waals surface area contributed by atoms with Crippen molar-refractivity contribution in [3.05, 3.63) is 35.4 Å². The van der Waals surface area contributed by atoms with Gasteiger partial charge in [-0.05, 0) is 58.8 Å². The molecule has 0 amide bonds. The maximum absolute atomic E-state index is 11.0. The largest absolute Gasteiger partial charge is 0.508 e. The normalized spacial score (nSPS) is 30.3. The number of rotatable bonds is 6. The third kappa shape index (κ3) is 2.74. The smallest absolute Gasteiger partial charge is 0.127 e. The fraction of sp³-hybridized carbons (Fsp3) is 0.680. The van der Waals surface area contributed by atoms with Gasteiger partial charge in [-0.2, -0.15) is 0 Å². The topological polar surface area (TPSA) is 29.5 Å². The highest BCUT2D eigenvalue weighted by Gasteiger charge is 2.63. The van der Waals surface area contributed by atoms with Gasteiger partial charge in [0.2, 0.25) is 0 Å². The van der Waals surface area contributed by atoms with Crippen LogP contribution in [-0.2, 0) is 5.41 Å². The number of phenolic OH excluding ortho intramolecular Hbond substituents is 1. The van der Waals surface area contributed by atoms with Crippen molar-refractivity contribution in [2.75, 3.05) is 0 Å². The molecule has 4 atom stereocenters. The first-order valence-electron chi connectivity index (χ1n) is 10.9. The molecule has 2 bridgehead atoms. The third-order valence-corrected chi connectivity index (χ3v) is 8.06. The number of benzene rings is 1. The van der Waals surface area contributed by atoms with Crippen molar-refractivity contribution < 1.29 is 9.84 Å². The van der Waals surface area contributed by atoms with Gasteiger partial charge in [0, 0.05) is 11.5 Å². The van der Waals surface area contributed by atoms with Crippen LogP contribution in [0.15, 0.2) is 24.3 Å². The van der Waals surface area contributed by atoms with Crippen LogP contribution in [0.25, 0.3) is 0 Å². The number of aromatic hydroxyl groups is 1. The molecule has 3 fully saturated rings.